The minimum Gasteiger partial charge on any atom is -0.310 e. The molecular formula is C17H26ClN. The van der Waals surface area contributed by atoms with E-state index in [1.54, 1.807) is 0 Å². The summed E-state index contributed by atoms with van der Waals surface area (Å²) in [4.78, 5) is 0. The van der Waals surface area contributed by atoms with Gasteiger partial charge in [-0.3, -0.25) is 0 Å². The summed E-state index contributed by atoms with van der Waals surface area (Å²) in [5, 5.41) is 4.51. The fraction of sp³-hybridized carbons (Fsp3) is 0.647. The highest BCUT2D eigenvalue weighted by molar-refractivity contribution is 6.30. The Hall–Kier alpha value is -0.530. The van der Waals surface area contributed by atoms with Gasteiger partial charge in [-0.25, -0.2) is 0 Å². The summed E-state index contributed by atoms with van der Waals surface area (Å²) in [6.45, 7) is 7.98. The maximum absolute atomic E-state index is 6.15. The summed E-state index contributed by atoms with van der Waals surface area (Å²) in [6.07, 6.45) is 5.30. The molecule has 0 spiro atoms. The quantitative estimate of drug-likeness (QED) is 0.798. The first kappa shape index (κ1) is 14.9. The fourth-order valence-electron chi connectivity index (χ4n) is 3.23. The van der Waals surface area contributed by atoms with Crippen LogP contribution in [0.1, 0.15) is 58.1 Å². The average molecular weight is 280 g/mol. The van der Waals surface area contributed by atoms with Crippen LogP contribution in [0.15, 0.2) is 24.3 Å². The molecule has 0 amide bonds. The van der Waals surface area contributed by atoms with Gasteiger partial charge < -0.3 is 5.32 Å². The van der Waals surface area contributed by atoms with E-state index in [-0.39, 0.29) is 0 Å². The van der Waals surface area contributed by atoms with E-state index in [9.17, 15) is 0 Å². The van der Waals surface area contributed by atoms with Gasteiger partial charge in [-0.2, -0.15) is 0 Å². The van der Waals surface area contributed by atoms with Gasteiger partial charge in [0, 0.05) is 11.1 Å². The molecule has 1 saturated carbocycles. The van der Waals surface area contributed by atoms with Crippen LogP contribution in [-0.2, 0) is 0 Å². The lowest BCUT2D eigenvalue weighted by Crippen LogP contribution is -2.32. The number of nitrogens with one attached hydrogen (secondary N) is 1. The second kappa shape index (κ2) is 6.28. The molecule has 1 fully saturated rings. The number of hydrogen-bond donors (Lipinski definition) is 1. The Kier molecular flexibility index (Phi) is 4.92. The zero-order valence-corrected chi connectivity index (χ0v) is 13.1. The maximum Gasteiger partial charge on any atom is 0.0409 e. The Balaban J connectivity index is 2.12. The van der Waals surface area contributed by atoms with Crippen molar-refractivity contribution < 1.29 is 0 Å². The first-order valence-corrected chi connectivity index (χ1v) is 7.88. The van der Waals surface area contributed by atoms with E-state index in [1.807, 2.05) is 6.07 Å². The molecule has 0 bridgehead atoms. The molecule has 1 atom stereocenters. The Bertz CT molecular complexity index is 403. The molecule has 0 heterocycles. The van der Waals surface area contributed by atoms with Gasteiger partial charge in [0.05, 0.1) is 0 Å². The number of halogens is 1. The van der Waals surface area contributed by atoms with Crippen molar-refractivity contribution in [2.24, 2.45) is 11.3 Å². The van der Waals surface area contributed by atoms with Crippen molar-refractivity contribution in [2.45, 2.75) is 52.5 Å². The zero-order chi connectivity index (χ0) is 13.9. The molecule has 1 N–H and O–H groups in total. The highest BCUT2D eigenvalue weighted by atomic mass is 35.5. The third-order valence-corrected chi connectivity index (χ3v) is 4.72. The lowest BCUT2D eigenvalue weighted by molar-refractivity contribution is 0.162. The van der Waals surface area contributed by atoms with Crippen LogP contribution in [0.4, 0.5) is 0 Å². The minimum atomic E-state index is 0.458. The SMILES string of the molecule is CCNC(c1cccc(Cl)c1)C1CCC(C)(C)CC1. The van der Waals surface area contributed by atoms with Crippen molar-refractivity contribution in [3.05, 3.63) is 34.9 Å². The Morgan fingerprint density at radius 1 is 1.32 bits per heavy atom. The summed E-state index contributed by atoms with van der Waals surface area (Å²) in [7, 11) is 0. The lowest BCUT2D eigenvalue weighted by atomic mass is 9.70. The van der Waals surface area contributed by atoms with Crippen LogP contribution in [0, 0.1) is 11.3 Å². The summed E-state index contributed by atoms with van der Waals surface area (Å²) in [5.41, 5.74) is 1.88. The van der Waals surface area contributed by atoms with E-state index in [4.69, 9.17) is 11.6 Å². The molecule has 0 radical (unpaired) electrons. The van der Waals surface area contributed by atoms with Crippen molar-refractivity contribution in [1.29, 1.82) is 0 Å². The van der Waals surface area contributed by atoms with Crippen LogP contribution in [0.25, 0.3) is 0 Å². The monoisotopic (exact) mass is 279 g/mol. The van der Waals surface area contributed by atoms with Gasteiger partial charge in [0.15, 0.2) is 0 Å². The van der Waals surface area contributed by atoms with E-state index in [2.05, 4.69) is 44.3 Å². The lowest BCUT2D eigenvalue weighted by Gasteiger charge is -2.38. The third kappa shape index (κ3) is 3.97. The molecule has 0 aliphatic heterocycles. The minimum absolute atomic E-state index is 0.458. The number of hydrogen-bond acceptors (Lipinski definition) is 1. The highest BCUT2D eigenvalue weighted by Gasteiger charge is 2.31. The van der Waals surface area contributed by atoms with Crippen LogP contribution >= 0.6 is 11.6 Å². The van der Waals surface area contributed by atoms with Crippen LogP contribution < -0.4 is 5.32 Å². The van der Waals surface area contributed by atoms with Crippen LogP contribution in [-0.4, -0.2) is 6.54 Å². The van der Waals surface area contributed by atoms with Crippen molar-refractivity contribution in [2.75, 3.05) is 6.54 Å². The molecule has 1 nitrogen and oxygen atoms in total. The van der Waals surface area contributed by atoms with Gasteiger partial charge in [0.2, 0.25) is 0 Å². The Labute approximate surface area is 122 Å². The molecule has 0 saturated heterocycles. The fourth-order valence-corrected chi connectivity index (χ4v) is 3.43. The molecule has 106 valence electrons. The summed E-state index contributed by atoms with van der Waals surface area (Å²) >= 11 is 6.15. The van der Waals surface area contributed by atoms with Gasteiger partial charge in [0.25, 0.3) is 0 Å². The first-order chi connectivity index (χ1) is 9.02. The van der Waals surface area contributed by atoms with Crippen LogP contribution in [0.5, 0.6) is 0 Å². The second-order valence-corrected chi connectivity index (χ2v) is 7.03. The highest BCUT2D eigenvalue weighted by Crippen LogP contribution is 2.42. The second-order valence-electron chi connectivity index (χ2n) is 6.59. The van der Waals surface area contributed by atoms with Gasteiger partial charge in [0.1, 0.15) is 0 Å². The molecular weight excluding hydrogens is 254 g/mol. The molecule has 0 aromatic heterocycles. The van der Waals surface area contributed by atoms with Crippen LogP contribution in [0.2, 0.25) is 5.02 Å². The van der Waals surface area contributed by atoms with Crippen molar-refractivity contribution in [1.82, 2.24) is 5.32 Å². The third-order valence-electron chi connectivity index (χ3n) is 4.49. The molecule has 1 aliphatic carbocycles. The Morgan fingerprint density at radius 2 is 2.00 bits per heavy atom. The van der Waals surface area contributed by atoms with E-state index in [1.165, 1.54) is 31.2 Å². The summed E-state index contributed by atoms with van der Waals surface area (Å²) in [6, 6.07) is 8.81. The topological polar surface area (TPSA) is 12.0 Å². The standard InChI is InChI=1S/C17H26ClN/c1-4-19-16(14-6-5-7-15(18)12-14)13-8-10-17(2,3)11-9-13/h5-7,12-13,16,19H,4,8-11H2,1-3H3. The predicted octanol–water partition coefficient (Wildman–Crippen LogP) is 5.21. The van der Waals surface area contributed by atoms with E-state index in [0.717, 1.165) is 17.5 Å². The summed E-state index contributed by atoms with van der Waals surface area (Å²) in [5.74, 6) is 0.742. The molecule has 1 aromatic rings. The molecule has 2 heteroatoms. The first-order valence-electron chi connectivity index (χ1n) is 7.51. The predicted molar refractivity (Wildman–Crippen MR) is 83.6 cm³/mol. The van der Waals surface area contributed by atoms with Gasteiger partial charge in [-0.15, -0.1) is 0 Å². The molecule has 1 aromatic carbocycles. The zero-order valence-electron chi connectivity index (χ0n) is 12.4. The Morgan fingerprint density at radius 3 is 2.58 bits per heavy atom. The van der Waals surface area contributed by atoms with E-state index >= 15 is 0 Å². The number of rotatable bonds is 4. The maximum atomic E-state index is 6.15. The summed E-state index contributed by atoms with van der Waals surface area (Å²) < 4.78 is 0. The molecule has 19 heavy (non-hydrogen) atoms. The average Bonchev–Trinajstić information content (AvgIpc) is 2.36. The van der Waals surface area contributed by atoms with Crippen molar-refractivity contribution in [3.63, 3.8) is 0 Å². The van der Waals surface area contributed by atoms with Gasteiger partial charge in [-0.05, 0) is 61.3 Å². The molecule has 1 aliphatic rings. The van der Waals surface area contributed by atoms with E-state index in [0.29, 0.717) is 11.5 Å². The molecule has 2 rings (SSSR count). The normalized spacial score (nSPS) is 21.3. The van der Waals surface area contributed by atoms with E-state index < -0.39 is 0 Å². The smallest absolute Gasteiger partial charge is 0.0409 e. The van der Waals surface area contributed by atoms with Crippen LogP contribution in [0.3, 0.4) is 0 Å². The largest absolute Gasteiger partial charge is 0.310 e. The molecule has 1 unspecified atom stereocenters. The van der Waals surface area contributed by atoms with Crippen molar-refractivity contribution >= 4 is 11.6 Å². The van der Waals surface area contributed by atoms with Crippen molar-refractivity contribution in [3.8, 4) is 0 Å². The number of benzene rings is 1. The van der Waals surface area contributed by atoms with Gasteiger partial charge in [-0.1, -0.05) is 44.5 Å². The van der Waals surface area contributed by atoms with Gasteiger partial charge >= 0.3 is 0 Å².